The third-order valence-electron chi connectivity index (χ3n) is 1.70. The molecule has 0 aromatic rings. The molecule has 0 aromatic carbocycles. The van der Waals surface area contributed by atoms with E-state index in [2.05, 4.69) is 24.6 Å². The molecule has 0 aromatic heterocycles. The summed E-state index contributed by atoms with van der Waals surface area (Å²) in [5.41, 5.74) is 1.24. The third kappa shape index (κ3) is 0.803. The fourth-order valence-corrected chi connectivity index (χ4v) is 0.882. The van der Waals surface area contributed by atoms with Gasteiger partial charge in [0.15, 0.2) is 0 Å². The summed E-state index contributed by atoms with van der Waals surface area (Å²) in [7, 11) is 4.01. The molecule has 0 bridgehead atoms. The highest BCUT2D eigenvalue weighted by Crippen LogP contribution is 2.19. The van der Waals surface area contributed by atoms with Gasteiger partial charge in [-0.05, 0) is 6.92 Å². The number of hydrogen-bond donors (Lipinski definition) is 0. The van der Waals surface area contributed by atoms with Crippen LogP contribution in [0.15, 0.2) is 24.3 Å². The maximum absolute atomic E-state index is 3.87. The number of allylic oxidation sites excluding steroid dienone is 1. The fourth-order valence-electron chi connectivity index (χ4n) is 0.882. The maximum atomic E-state index is 3.87. The summed E-state index contributed by atoms with van der Waals surface area (Å²) < 4.78 is 0. The summed E-state index contributed by atoms with van der Waals surface area (Å²) >= 11 is 0. The van der Waals surface area contributed by atoms with Crippen LogP contribution >= 0.6 is 0 Å². The Hall–Kier alpha value is -0.920. The molecule has 50 valence electrons. The molecule has 0 saturated heterocycles. The average Bonchev–Trinajstić information content (AvgIpc) is 1.98. The predicted molar refractivity (Wildman–Crippen MR) is 38.4 cm³/mol. The summed E-state index contributed by atoms with van der Waals surface area (Å²) in [4.78, 5) is 4.06. The second kappa shape index (κ2) is 1.79. The van der Waals surface area contributed by atoms with E-state index in [0.29, 0.717) is 0 Å². The van der Waals surface area contributed by atoms with Gasteiger partial charge in [-0.25, -0.2) is 0 Å². The summed E-state index contributed by atoms with van der Waals surface area (Å²) in [6, 6.07) is 0. The van der Waals surface area contributed by atoms with Crippen molar-refractivity contribution in [1.82, 2.24) is 9.80 Å². The van der Waals surface area contributed by atoms with Crippen molar-refractivity contribution in [1.29, 1.82) is 0 Å². The van der Waals surface area contributed by atoms with Crippen molar-refractivity contribution in [3.05, 3.63) is 24.3 Å². The summed E-state index contributed by atoms with van der Waals surface area (Å²) in [6.07, 6.45) is 2.06. The molecular formula is C7H12N2. The smallest absolute Gasteiger partial charge is 0.104 e. The Labute approximate surface area is 56.1 Å². The van der Waals surface area contributed by atoms with E-state index in [1.165, 1.54) is 5.70 Å². The molecule has 1 heterocycles. The van der Waals surface area contributed by atoms with Gasteiger partial charge in [0.1, 0.15) is 5.82 Å². The molecule has 1 aliphatic rings. The lowest BCUT2D eigenvalue weighted by molar-refractivity contribution is 0.436. The number of nitrogens with zero attached hydrogens (tertiary/aromatic N) is 2. The van der Waals surface area contributed by atoms with Crippen LogP contribution in [0.2, 0.25) is 0 Å². The molecule has 1 rings (SSSR count). The lowest BCUT2D eigenvalue weighted by Gasteiger charge is -2.17. The Morgan fingerprint density at radius 1 is 1.44 bits per heavy atom. The van der Waals surface area contributed by atoms with E-state index in [9.17, 15) is 0 Å². The van der Waals surface area contributed by atoms with Crippen LogP contribution in [-0.4, -0.2) is 23.9 Å². The van der Waals surface area contributed by atoms with E-state index in [-0.39, 0.29) is 0 Å². The zero-order chi connectivity index (χ0) is 7.02. The first-order valence-electron chi connectivity index (χ1n) is 2.97. The second-order valence-electron chi connectivity index (χ2n) is 2.36. The van der Waals surface area contributed by atoms with Gasteiger partial charge in [0.2, 0.25) is 0 Å². The first-order valence-corrected chi connectivity index (χ1v) is 2.97. The predicted octanol–water partition coefficient (Wildman–Crippen LogP) is 1.20. The van der Waals surface area contributed by atoms with Crippen LogP contribution < -0.4 is 0 Å². The minimum absolute atomic E-state index is 1.03. The van der Waals surface area contributed by atoms with Gasteiger partial charge in [-0.2, -0.15) is 0 Å². The van der Waals surface area contributed by atoms with Crippen LogP contribution in [-0.2, 0) is 0 Å². The van der Waals surface area contributed by atoms with Gasteiger partial charge >= 0.3 is 0 Å². The Bertz CT molecular complexity index is 170. The van der Waals surface area contributed by atoms with Crippen LogP contribution in [0.25, 0.3) is 0 Å². The molecule has 0 radical (unpaired) electrons. The highest BCUT2D eigenvalue weighted by molar-refractivity contribution is 5.15. The van der Waals surface area contributed by atoms with Gasteiger partial charge in [-0.3, -0.25) is 0 Å². The highest BCUT2D eigenvalue weighted by atomic mass is 15.3. The Morgan fingerprint density at radius 2 is 2.00 bits per heavy atom. The Balaban J connectivity index is 2.82. The van der Waals surface area contributed by atoms with Crippen LogP contribution in [0.1, 0.15) is 6.92 Å². The third-order valence-corrected chi connectivity index (χ3v) is 1.70. The summed E-state index contributed by atoms with van der Waals surface area (Å²) in [6.45, 7) is 5.93. The standard InChI is InChI=1S/C7H12N2/c1-6-5-8(3)7(2)9(6)4/h5H,2H2,1,3-4H3. The van der Waals surface area contributed by atoms with Crippen LogP contribution in [0.3, 0.4) is 0 Å². The van der Waals surface area contributed by atoms with Crippen LogP contribution in [0.4, 0.5) is 0 Å². The Morgan fingerprint density at radius 3 is 2.11 bits per heavy atom. The minimum Gasteiger partial charge on any atom is -0.336 e. The monoisotopic (exact) mass is 124 g/mol. The molecular weight excluding hydrogens is 112 g/mol. The number of hydrogen-bond acceptors (Lipinski definition) is 2. The molecule has 0 fully saturated rings. The van der Waals surface area contributed by atoms with Gasteiger partial charge in [0.25, 0.3) is 0 Å². The van der Waals surface area contributed by atoms with Gasteiger partial charge in [-0.15, -0.1) is 0 Å². The molecule has 0 spiro atoms. The zero-order valence-electron chi connectivity index (χ0n) is 6.18. The van der Waals surface area contributed by atoms with Crippen LogP contribution in [0, 0.1) is 0 Å². The van der Waals surface area contributed by atoms with Crippen molar-refractivity contribution >= 4 is 0 Å². The fraction of sp³-hybridized carbons (Fsp3) is 0.429. The average molecular weight is 124 g/mol. The zero-order valence-corrected chi connectivity index (χ0v) is 6.18. The number of rotatable bonds is 0. The lowest BCUT2D eigenvalue weighted by Crippen LogP contribution is -2.15. The lowest BCUT2D eigenvalue weighted by atomic mass is 10.5. The van der Waals surface area contributed by atoms with Crippen molar-refractivity contribution in [2.45, 2.75) is 6.92 Å². The van der Waals surface area contributed by atoms with E-state index in [4.69, 9.17) is 0 Å². The molecule has 0 unspecified atom stereocenters. The van der Waals surface area contributed by atoms with E-state index in [1.54, 1.807) is 0 Å². The van der Waals surface area contributed by atoms with Crippen molar-refractivity contribution in [3.63, 3.8) is 0 Å². The van der Waals surface area contributed by atoms with Gasteiger partial charge in [0, 0.05) is 26.0 Å². The molecule has 0 saturated carbocycles. The van der Waals surface area contributed by atoms with E-state index in [1.807, 2.05) is 19.0 Å². The van der Waals surface area contributed by atoms with E-state index >= 15 is 0 Å². The SMILES string of the molecule is C=C1N(C)C=C(C)N1C. The minimum atomic E-state index is 1.03. The summed E-state index contributed by atoms with van der Waals surface area (Å²) in [5.74, 6) is 1.03. The molecule has 9 heavy (non-hydrogen) atoms. The van der Waals surface area contributed by atoms with Crippen molar-refractivity contribution < 1.29 is 0 Å². The van der Waals surface area contributed by atoms with Gasteiger partial charge in [-0.1, -0.05) is 6.58 Å². The Kier molecular flexibility index (Phi) is 1.24. The second-order valence-corrected chi connectivity index (χ2v) is 2.36. The molecule has 0 N–H and O–H groups in total. The molecule has 1 aliphatic heterocycles. The van der Waals surface area contributed by atoms with Gasteiger partial charge < -0.3 is 9.80 Å². The first kappa shape index (κ1) is 6.20. The molecule has 2 nitrogen and oxygen atoms in total. The van der Waals surface area contributed by atoms with Crippen molar-refractivity contribution in [2.24, 2.45) is 0 Å². The largest absolute Gasteiger partial charge is 0.336 e. The molecule has 0 amide bonds. The summed E-state index contributed by atoms with van der Waals surface area (Å²) in [5, 5.41) is 0. The topological polar surface area (TPSA) is 6.48 Å². The molecule has 2 heteroatoms. The van der Waals surface area contributed by atoms with Crippen LogP contribution in [0.5, 0.6) is 0 Å². The normalized spacial score (nSPS) is 19.0. The van der Waals surface area contributed by atoms with Crippen molar-refractivity contribution in [3.8, 4) is 0 Å². The first-order chi connectivity index (χ1) is 4.13. The quantitative estimate of drug-likeness (QED) is 0.478. The van der Waals surface area contributed by atoms with Gasteiger partial charge in [0.05, 0.1) is 0 Å². The van der Waals surface area contributed by atoms with Crippen molar-refractivity contribution in [2.75, 3.05) is 14.1 Å². The maximum Gasteiger partial charge on any atom is 0.104 e. The highest BCUT2D eigenvalue weighted by Gasteiger charge is 2.13. The molecule has 0 aliphatic carbocycles. The molecule has 0 atom stereocenters. The van der Waals surface area contributed by atoms with E-state index < -0.39 is 0 Å². The van der Waals surface area contributed by atoms with E-state index in [0.717, 1.165) is 5.82 Å².